The van der Waals surface area contributed by atoms with Crippen molar-refractivity contribution in [2.45, 2.75) is 13.8 Å². The highest BCUT2D eigenvalue weighted by molar-refractivity contribution is 6.05. The Kier molecular flexibility index (Phi) is 4.14. The van der Waals surface area contributed by atoms with Gasteiger partial charge in [0.2, 0.25) is 11.5 Å². The van der Waals surface area contributed by atoms with Gasteiger partial charge in [-0.3, -0.25) is 4.79 Å². The quantitative estimate of drug-likeness (QED) is 0.842. The number of hydrogen-bond donors (Lipinski definition) is 2. The number of nitrogen functional groups attached to an aromatic ring is 1. The molecule has 2 rings (SSSR count). The maximum Gasteiger partial charge on any atom is 0.281 e. The second kappa shape index (κ2) is 6.00. The zero-order chi connectivity index (χ0) is 14.5. The molecular weight excluding hydrogens is 260 g/mol. The maximum atomic E-state index is 11.8. The van der Waals surface area contributed by atoms with Crippen LogP contribution >= 0.6 is 0 Å². The molecule has 3 N–H and O–H groups in total. The number of hydrogen-bond acceptors (Lipinski definition) is 7. The largest absolute Gasteiger partial charge is 0.379 e. The van der Waals surface area contributed by atoms with E-state index >= 15 is 0 Å². The molecule has 0 radical (unpaired) electrons. The molecule has 106 valence electrons. The fourth-order valence-corrected chi connectivity index (χ4v) is 1.74. The van der Waals surface area contributed by atoms with Gasteiger partial charge in [-0.15, -0.1) is 0 Å². The zero-order valence-electron chi connectivity index (χ0n) is 11.3. The molecule has 1 amide bonds. The molecule has 0 saturated carbocycles. The van der Waals surface area contributed by atoms with E-state index in [-0.39, 0.29) is 11.5 Å². The Morgan fingerprint density at radius 2 is 2.10 bits per heavy atom. The van der Waals surface area contributed by atoms with Crippen molar-refractivity contribution >= 4 is 23.2 Å². The van der Waals surface area contributed by atoms with Gasteiger partial charge in [0.25, 0.3) is 5.91 Å². The lowest BCUT2D eigenvalue weighted by molar-refractivity contribution is 0.101. The number of nitrogens with zero attached hydrogens (tertiary/aromatic N) is 4. The van der Waals surface area contributed by atoms with Crippen LogP contribution in [-0.2, 0) is 0 Å². The summed E-state index contributed by atoms with van der Waals surface area (Å²) in [6.45, 7) is 5.86. The average molecular weight is 276 g/mol. The van der Waals surface area contributed by atoms with Gasteiger partial charge in [-0.2, -0.15) is 0 Å². The van der Waals surface area contributed by atoms with E-state index in [0.29, 0.717) is 5.69 Å². The minimum atomic E-state index is -0.485. The molecule has 0 aliphatic carbocycles. The average Bonchev–Trinajstić information content (AvgIpc) is 2.88. The van der Waals surface area contributed by atoms with Crippen LogP contribution in [0.1, 0.15) is 24.3 Å². The number of pyridine rings is 1. The second-order valence-corrected chi connectivity index (χ2v) is 4.03. The van der Waals surface area contributed by atoms with Crippen LogP contribution in [0.25, 0.3) is 0 Å². The van der Waals surface area contributed by atoms with Gasteiger partial charge in [-0.05, 0) is 36.3 Å². The summed E-state index contributed by atoms with van der Waals surface area (Å²) in [5.74, 6) is 0.326. The fraction of sp³-hybridized carbons (Fsp3) is 0.333. The topological polar surface area (TPSA) is 110 Å². The first-order chi connectivity index (χ1) is 9.65. The van der Waals surface area contributed by atoms with Gasteiger partial charge in [-0.25, -0.2) is 9.61 Å². The highest BCUT2D eigenvalue weighted by atomic mass is 16.6. The molecule has 8 heteroatoms. The monoisotopic (exact) mass is 276 g/mol. The number of carbonyl (C=O) groups excluding carboxylic acids is 1. The molecule has 8 nitrogen and oxygen atoms in total. The molecule has 2 aromatic heterocycles. The van der Waals surface area contributed by atoms with Crippen molar-refractivity contribution in [3.05, 3.63) is 24.0 Å². The van der Waals surface area contributed by atoms with Crippen molar-refractivity contribution in [1.82, 2.24) is 15.3 Å². The Morgan fingerprint density at radius 1 is 1.35 bits per heavy atom. The number of anilines is 3. The Labute approximate surface area is 115 Å². The molecule has 0 bridgehead atoms. The number of carbonyl (C=O) groups is 1. The molecule has 0 aliphatic rings. The van der Waals surface area contributed by atoms with Crippen LogP contribution in [0.15, 0.2) is 23.0 Å². The summed E-state index contributed by atoms with van der Waals surface area (Å²) < 4.78 is 4.38. The van der Waals surface area contributed by atoms with Crippen molar-refractivity contribution in [2.75, 3.05) is 29.0 Å². The molecule has 20 heavy (non-hydrogen) atoms. The van der Waals surface area contributed by atoms with Crippen LogP contribution < -0.4 is 16.0 Å². The molecule has 0 aliphatic heterocycles. The maximum absolute atomic E-state index is 11.8. The highest BCUT2D eigenvalue weighted by Crippen LogP contribution is 2.15. The molecule has 0 atom stereocenters. The van der Waals surface area contributed by atoms with Crippen LogP contribution in [0, 0.1) is 0 Å². The summed E-state index contributed by atoms with van der Waals surface area (Å²) in [7, 11) is 0. The van der Waals surface area contributed by atoms with Crippen LogP contribution in [0.5, 0.6) is 0 Å². The predicted molar refractivity (Wildman–Crippen MR) is 74.5 cm³/mol. The number of aromatic nitrogens is 3. The third-order valence-corrected chi connectivity index (χ3v) is 2.82. The first-order valence-electron chi connectivity index (χ1n) is 6.26. The Bertz CT molecular complexity index is 576. The molecule has 0 aromatic carbocycles. The van der Waals surface area contributed by atoms with E-state index in [1.54, 1.807) is 12.3 Å². The van der Waals surface area contributed by atoms with Crippen LogP contribution in [0.2, 0.25) is 0 Å². The van der Waals surface area contributed by atoms with Crippen molar-refractivity contribution in [3.63, 3.8) is 0 Å². The van der Waals surface area contributed by atoms with Crippen LogP contribution in [0.3, 0.4) is 0 Å². The summed E-state index contributed by atoms with van der Waals surface area (Å²) in [5.41, 5.74) is 5.95. The van der Waals surface area contributed by atoms with E-state index in [9.17, 15) is 4.79 Å². The second-order valence-electron chi connectivity index (χ2n) is 4.03. The number of nitrogens with one attached hydrogen (secondary N) is 1. The van der Waals surface area contributed by atoms with Crippen molar-refractivity contribution in [3.8, 4) is 0 Å². The molecular formula is C12H16N6O2. The van der Waals surface area contributed by atoms with Gasteiger partial charge in [0, 0.05) is 13.1 Å². The normalized spacial score (nSPS) is 10.3. The van der Waals surface area contributed by atoms with Gasteiger partial charge < -0.3 is 16.0 Å². The van der Waals surface area contributed by atoms with Crippen LogP contribution in [-0.4, -0.2) is 34.3 Å². The van der Waals surface area contributed by atoms with E-state index in [1.807, 2.05) is 6.07 Å². The lowest BCUT2D eigenvalue weighted by atomic mass is 10.3. The number of amides is 1. The Hall–Kier alpha value is -2.64. The van der Waals surface area contributed by atoms with Gasteiger partial charge in [0.1, 0.15) is 5.82 Å². The molecule has 2 heterocycles. The highest BCUT2D eigenvalue weighted by Gasteiger charge is 2.16. The van der Waals surface area contributed by atoms with Gasteiger partial charge >= 0.3 is 0 Å². The first-order valence-corrected chi connectivity index (χ1v) is 6.26. The van der Waals surface area contributed by atoms with Crippen molar-refractivity contribution < 1.29 is 9.42 Å². The number of rotatable bonds is 5. The van der Waals surface area contributed by atoms with E-state index in [1.165, 1.54) is 0 Å². The van der Waals surface area contributed by atoms with E-state index in [0.717, 1.165) is 18.9 Å². The van der Waals surface area contributed by atoms with Crippen molar-refractivity contribution in [2.24, 2.45) is 0 Å². The summed E-state index contributed by atoms with van der Waals surface area (Å²) in [4.78, 5) is 18.2. The molecule has 2 aromatic rings. The van der Waals surface area contributed by atoms with Crippen LogP contribution in [0.4, 0.5) is 17.3 Å². The summed E-state index contributed by atoms with van der Waals surface area (Å²) in [5, 5.41) is 9.40. The Balaban J connectivity index is 2.08. The van der Waals surface area contributed by atoms with E-state index < -0.39 is 5.91 Å². The zero-order valence-corrected chi connectivity index (χ0v) is 11.3. The molecule has 0 spiro atoms. The van der Waals surface area contributed by atoms with Gasteiger partial charge in [0.15, 0.2) is 0 Å². The third kappa shape index (κ3) is 2.85. The summed E-state index contributed by atoms with van der Waals surface area (Å²) in [6.07, 6.45) is 1.58. The van der Waals surface area contributed by atoms with Gasteiger partial charge in [-0.1, -0.05) is 0 Å². The van der Waals surface area contributed by atoms with E-state index in [2.05, 4.69) is 44.0 Å². The van der Waals surface area contributed by atoms with Crippen molar-refractivity contribution in [1.29, 1.82) is 0 Å². The standard InChI is InChI=1S/C12H16N6O2/c1-3-18(4-2)9-6-5-8(7-14-9)15-12(19)10-11(13)17-20-16-10/h5-7H,3-4H2,1-2H3,(H2,13,17)(H,15,19). The predicted octanol–water partition coefficient (Wildman–Crippen LogP) is 1.15. The first kappa shape index (κ1) is 13.8. The smallest absolute Gasteiger partial charge is 0.281 e. The minimum Gasteiger partial charge on any atom is -0.379 e. The fourth-order valence-electron chi connectivity index (χ4n) is 1.74. The third-order valence-electron chi connectivity index (χ3n) is 2.82. The minimum absolute atomic E-state index is 0.0437. The summed E-state index contributed by atoms with van der Waals surface area (Å²) >= 11 is 0. The molecule has 0 unspecified atom stereocenters. The van der Waals surface area contributed by atoms with E-state index in [4.69, 9.17) is 5.73 Å². The molecule has 0 fully saturated rings. The number of nitrogens with two attached hydrogens (primary N) is 1. The Morgan fingerprint density at radius 3 is 2.60 bits per heavy atom. The van der Waals surface area contributed by atoms with Gasteiger partial charge in [0.05, 0.1) is 11.9 Å². The molecule has 0 saturated heterocycles. The SMILES string of the molecule is CCN(CC)c1ccc(NC(=O)c2nonc2N)cn1. The lowest BCUT2D eigenvalue weighted by Crippen LogP contribution is -2.23. The lowest BCUT2D eigenvalue weighted by Gasteiger charge is -2.19. The summed E-state index contributed by atoms with van der Waals surface area (Å²) in [6, 6.07) is 3.61.